The highest BCUT2D eigenvalue weighted by atomic mass is 32.2. The van der Waals surface area contributed by atoms with Gasteiger partial charge < -0.3 is 5.73 Å². The molecule has 0 aromatic rings. The maximum atomic E-state index is 5.94. The molecule has 1 fully saturated rings. The van der Waals surface area contributed by atoms with Gasteiger partial charge in [-0.15, -0.1) is 0 Å². The highest BCUT2D eigenvalue weighted by molar-refractivity contribution is 8.00. The van der Waals surface area contributed by atoms with E-state index in [1.165, 1.54) is 17.9 Å². The van der Waals surface area contributed by atoms with Crippen LogP contribution >= 0.6 is 23.5 Å². The van der Waals surface area contributed by atoms with Crippen molar-refractivity contribution in [2.45, 2.75) is 24.1 Å². The minimum absolute atomic E-state index is 0.278. The fourth-order valence-corrected chi connectivity index (χ4v) is 3.92. The fraction of sp³-hybridized carbons (Fsp3) is 1.00. The molecular weight excluding hydrogens is 212 g/mol. The van der Waals surface area contributed by atoms with Crippen molar-refractivity contribution in [1.82, 2.24) is 4.90 Å². The zero-order valence-electron chi connectivity index (χ0n) is 9.45. The van der Waals surface area contributed by atoms with Crippen molar-refractivity contribution in [1.29, 1.82) is 0 Å². The van der Waals surface area contributed by atoms with Gasteiger partial charge >= 0.3 is 0 Å². The average Bonchev–Trinajstić information content (AvgIpc) is 2.58. The molecule has 0 spiro atoms. The topological polar surface area (TPSA) is 29.3 Å². The van der Waals surface area contributed by atoms with Gasteiger partial charge in [-0.2, -0.15) is 23.5 Å². The van der Waals surface area contributed by atoms with Crippen LogP contribution in [0.5, 0.6) is 0 Å². The molecule has 14 heavy (non-hydrogen) atoms. The van der Waals surface area contributed by atoms with Crippen molar-refractivity contribution >= 4 is 23.5 Å². The Bertz CT molecular complexity index is 178. The molecule has 0 amide bonds. The van der Waals surface area contributed by atoms with Gasteiger partial charge in [0.15, 0.2) is 0 Å². The van der Waals surface area contributed by atoms with Gasteiger partial charge in [-0.05, 0) is 19.7 Å². The van der Waals surface area contributed by atoms with Crippen LogP contribution in [-0.4, -0.2) is 53.6 Å². The third-order valence-corrected chi connectivity index (χ3v) is 5.16. The van der Waals surface area contributed by atoms with E-state index in [2.05, 4.69) is 36.9 Å². The molecule has 2 N–H and O–H groups in total. The minimum Gasteiger partial charge on any atom is -0.329 e. The summed E-state index contributed by atoms with van der Waals surface area (Å²) in [6.07, 6.45) is 3.41. The predicted octanol–water partition coefficient (Wildman–Crippen LogP) is 1.50. The Balaban J connectivity index is 2.51. The molecular formula is C10H22N2S2. The molecule has 0 aliphatic carbocycles. The lowest BCUT2D eigenvalue weighted by Gasteiger charge is -2.37. The van der Waals surface area contributed by atoms with E-state index in [1.54, 1.807) is 0 Å². The first-order chi connectivity index (χ1) is 6.64. The lowest BCUT2D eigenvalue weighted by molar-refractivity contribution is 0.156. The molecule has 2 atom stereocenters. The van der Waals surface area contributed by atoms with Gasteiger partial charge in [0.05, 0.1) is 0 Å². The Morgan fingerprint density at radius 3 is 2.79 bits per heavy atom. The lowest BCUT2D eigenvalue weighted by atomic mass is 9.94. The van der Waals surface area contributed by atoms with E-state index in [4.69, 9.17) is 5.73 Å². The normalized spacial score (nSPS) is 32.8. The van der Waals surface area contributed by atoms with Crippen molar-refractivity contribution in [3.05, 3.63) is 0 Å². The van der Waals surface area contributed by atoms with Crippen LogP contribution in [-0.2, 0) is 0 Å². The van der Waals surface area contributed by atoms with Crippen LogP contribution in [0.3, 0.4) is 0 Å². The monoisotopic (exact) mass is 234 g/mol. The second kappa shape index (κ2) is 5.64. The molecule has 1 aliphatic heterocycles. The number of nitrogens with two attached hydrogens (primary N) is 1. The highest BCUT2D eigenvalue weighted by Gasteiger charge is 2.39. The highest BCUT2D eigenvalue weighted by Crippen LogP contribution is 2.37. The molecule has 2 nitrogen and oxygen atoms in total. The zero-order valence-corrected chi connectivity index (χ0v) is 11.1. The van der Waals surface area contributed by atoms with Crippen LogP contribution in [0.25, 0.3) is 0 Å². The summed E-state index contributed by atoms with van der Waals surface area (Å²) in [5, 5.41) is 0.773. The molecule has 0 bridgehead atoms. The van der Waals surface area contributed by atoms with Gasteiger partial charge in [0.2, 0.25) is 0 Å². The maximum Gasteiger partial charge on any atom is 0.0429 e. The quantitative estimate of drug-likeness (QED) is 0.781. The molecule has 0 radical (unpaired) electrons. The summed E-state index contributed by atoms with van der Waals surface area (Å²) in [5.41, 5.74) is 6.22. The number of nitrogens with zero attached hydrogens (tertiary/aromatic N) is 1. The molecule has 1 rings (SSSR count). The van der Waals surface area contributed by atoms with E-state index in [0.717, 1.165) is 18.3 Å². The van der Waals surface area contributed by atoms with Gasteiger partial charge in [0, 0.05) is 35.4 Å². The van der Waals surface area contributed by atoms with Crippen molar-refractivity contribution < 1.29 is 0 Å². The molecule has 2 unspecified atom stereocenters. The van der Waals surface area contributed by atoms with E-state index in [-0.39, 0.29) is 5.54 Å². The van der Waals surface area contributed by atoms with Gasteiger partial charge in [-0.25, -0.2) is 0 Å². The largest absolute Gasteiger partial charge is 0.329 e. The number of hydrogen-bond acceptors (Lipinski definition) is 4. The molecule has 0 saturated carbocycles. The first-order valence-electron chi connectivity index (χ1n) is 5.16. The van der Waals surface area contributed by atoms with Gasteiger partial charge in [0.25, 0.3) is 0 Å². The summed E-state index contributed by atoms with van der Waals surface area (Å²) < 4.78 is 0. The third-order valence-electron chi connectivity index (χ3n) is 3.12. The smallest absolute Gasteiger partial charge is 0.0429 e. The van der Waals surface area contributed by atoms with Crippen molar-refractivity contribution in [3.8, 4) is 0 Å². The number of thioether (sulfide) groups is 2. The molecule has 0 aromatic carbocycles. The second-order valence-corrected chi connectivity index (χ2v) is 6.58. The molecule has 84 valence electrons. The van der Waals surface area contributed by atoms with Gasteiger partial charge in [-0.1, -0.05) is 6.92 Å². The second-order valence-electron chi connectivity index (χ2n) is 4.17. The Kier molecular flexibility index (Phi) is 5.11. The Hall–Kier alpha value is 0.620. The molecule has 4 heteroatoms. The fourth-order valence-electron chi connectivity index (χ4n) is 1.98. The summed E-state index contributed by atoms with van der Waals surface area (Å²) in [6.45, 7) is 4.27. The zero-order chi connectivity index (χ0) is 10.6. The van der Waals surface area contributed by atoms with Crippen molar-refractivity contribution in [2.24, 2.45) is 5.73 Å². The number of rotatable bonds is 5. The number of hydrogen-bond donors (Lipinski definition) is 1. The van der Waals surface area contributed by atoms with Gasteiger partial charge in [-0.3, -0.25) is 4.90 Å². The Morgan fingerprint density at radius 1 is 1.64 bits per heavy atom. The van der Waals surface area contributed by atoms with Crippen LogP contribution in [0.4, 0.5) is 0 Å². The SMILES string of the molecule is CSCCN(C)C1(CN)CSC(C)C1. The first-order valence-corrected chi connectivity index (χ1v) is 7.61. The van der Waals surface area contributed by atoms with Crippen molar-refractivity contribution in [3.63, 3.8) is 0 Å². The van der Waals surface area contributed by atoms with E-state index >= 15 is 0 Å². The maximum absolute atomic E-state index is 5.94. The Labute approximate surface area is 96.4 Å². The predicted molar refractivity (Wildman–Crippen MR) is 69.3 cm³/mol. The Morgan fingerprint density at radius 2 is 2.36 bits per heavy atom. The molecule has 1 saturated heterocycles. The van der Waals surface area contributed by atoms with E-state index in [9.17, 15) is 0 Å². The third kappa shape index (κ3) is 2.81. The van der Waals surface area contributed by atoms with E-state index in [0.29, 0.717) is 0 Å². The molecule has 1 heterocycles. The van der Waals surface area contributed by atoms with Crippen LogP contribution in [0, 0.1) is 0 Å². The minimum atomic E-state index is 0.278. The van der Waals surface area contributed by atoms with Crippen LogP contribution in [0.2, 0.25) is 0 Å². The van der Waals surface area contributed by atoms with Gasteiger partial charge in [0.1, 0.15) is 0 Å². The van der Waals surface area contributed by atoms with E-state index in [1.807, 2.05) is 11.8 Å². The average molecular weight is 234 g/mol. The summed E-state index contributed by atoms with van der Waals surface area (Å²) in [4.78, 5) is 2.47. The van der Waals surface area contributed by atoms with E-state index < -0.39 is 0 Å². The van der Waals surface area contributed by atoms with Crippen molar-refractivity contribution in [2.75, 3.05) is 37.9 Å². The molecule has 1 aliphatic rings. The summed E-state index contributed by atoms with van der Waals surface area (Å²) >= 11 is 3.97. The van der Waals surface area contributed by atoms with Crippen LogP contribution in [0.15, 0.2) is 0 Å². The summed E-state index contributed by atoms with van der Waals surface area (Å²) in [5.74, 6) is 2.41. The molecule has 0 aromatic heterocycles. The lowest BCUT2D eigenvalue weighted by Crippen LogP contribution is -2.53. The standard InChI is InChI=1S/C10H22N2S2/c1-9-6-10(7-11,8-14-9)12(2)4-5-13-3/h9H,4-8,11H2,1-3H3. The summed E-state index contributed by atoms with van der Waals surface area (Å²) in [6, 6.07) is 0. The summed E-state index contributed by atoms with van der Waals surface area (Å²) in [7, 11) is 2.22. The first kappa shape index (κ1) is 12.7. The van der Waals surface area contributed by atoms with Crippen LogP contribution in [0.1, 0.15) is 13.3 Å². The van der Waals surface area contributed by atoms with Crippen LogP contribution < -0.4 is 5.73 Å². The number of likely N-dealkylation sites (N-methyl/N-ethyl adjacent to an activating group) is 1.